The topological polar surface area (TPSA) is 107 Å². The number of urea groups is 1. The van der Waals surface area contributed by atoms with Gasteiger partial charge in [-0.2, -0.15) is 13.2 Å². The summed E-state index contributed by atoms with van der Waals surface area (Å²) in [5, 5.41) is 0.673. The number of anilines is 1. The van der Waals surface area contributed by atoms with Crippen LogP contribution in [0.15, 0.2) is 36.9 Å². The number of nitrogens with zero attached hydrogens (tertiary/aromatic N) is 5. The van der Waals surface area contributed by atoms with E-state index in [4.69, 9.17) is 14.2 Å². The largest absolute Gasteiger partial charge is 0.493 e. The number of rotatable bonds is 6. The van der Waals surface area contributed by atoms with Gasteiger partial charge in [0.05, 0.1) is 48.1 Å². The summed E-state index contributed by atoms with van der Waals surface area (Å²) in [6.45, 7) is -0.330. The Hall–Kier alpha value is -4.16. The zero-order valence-corrected chi connectivity index (χ0v) is 21.8. The first-order valence-electron chi connectivity index (χ1n) is 12.8. The van der Waals surface area contributed by atoms with Crippen LogP contribution in [0.25, 0.3) is 10.9 Å². The molecule has 3 aliphatic carbocycles. The van der Waals surface area contributed by atoms with E-state index in [9.17, 15) is 22.8 Å². The van der Waals surface area contributed by atoms with Gasteiger partial charge in [-0.1, -0.05) is 0 Å². The summed E-state index contributed by atoms with van der Waals surface area (Å²) < 4.78 is 57.0. The lowest BCUT2D eigenvalue weighted by Gasteiger charge is -2.55. The van der Waals surface area contributed by atoms with Crippen molar-refractivity contribution in [2.45, 2.75) is 55.8 Å². The van der Waals surface area contributed by atoms with Gasteiger partial charge >= 0.3 is 12.2 Å². The van der Waals surface area contributed by atoms with Gasteiger partial charge in [-0.3, -0.25) is 19.6 Å². The van der Waals surface area contributed by atoms with Gasteiger partial charge in [0.25, 0.3) is 5.91 Å². The lowest BCUT2D eigenvalue weighted by Crippen LogP contribution is -2.62. The highest BCUT2D eigenvalue weighted by Gasteiger charge is 2.58. The van der Waals surface area contributed by atoms with E-state index < -0.39 is 34.8 Å². The standard InChI is InChI=1S/C27H26F3N5O5/c1-38-20-10-18-19(11-21(20)39-2)32-15-33-23(18)40-26-6-3-25(4-7-26,5-8-26)35-22(36)14-34(24(35)37)17-9-16(12-31-13-17)27(28,29)30/h9-13,15H,3-8,14H2,1-2H3. The van der Waals surface area contributed by atoms with Crippen molar-refractivity contribution in [3.05, 3.63) is 42.5 Å². The van der Waals surface area contributed by atoms with Crippen LogP contribution in [0, 0.1) is 0 Å². The van der Waals surface area contributed by atoms with Crippen LogP contribution in [0.1, 0.15) is 44.1 Å². The molecule has 4 aliphatic rings. The summed E-state index contributed by atoms with van der Waals surface area (Å²) in [5.74, 6) is 1.04. The van der Waals surface area contributed by atoms with Crippen molar-refractivity contribution >= 4 is 28.5 Å². The van der Waals surface area contributed by atoms with Crippen molar-refractivity contribution in [3.63, 3.8) is 0 Å². The molecule has 0 atom stereocenters. The quantitative estimate of drug-likeness (QED) is 0.400. The van der Waals surface area contributed by atoms with E-state index in [1.807, 2.05) is 0 Å². The predicted molar refractivity (Wildman–Crippen MR) is 135 cm³/mol. The second-order valence-corrected chi connectivity index (χ2v) is 10.4. The normalized spacial score (nSPS) is 24.6. The highest BCUT2D eigenvalue weighted by atomic mass is 19.4. The first-order chi connectivity index (χ1) is 19.1. The second kappa shape index (κ2) is 9.20. The molecule has 2 aromatic heterocycles. The van der Waals surface area contributed by atoms with Crippen LogP contribution >= 0.6 is 0 Å². The van der Waals surface area contributed by atoms with Crippen LogP contribution in [0.4, 0.5) is 23.7 Å². The van der Waals surface area contributed by atoms with E-state index >= 15 is 0 Å². The van der Waals surface area contributed by atoms with E-state index in [0.29, 0.717) is 73.0 Å². The van der Waals surface area contributed by atoms with Crippen LogP contribution < -0.4 is 19.1 Å². The molecule has 13 heteroatoms. The fourth-order valence-electron chi connectivity index (χ4n) is 6.17. The van der Waals surface area contributed by atoms with E-state index in [1.165, 1.54) is 17.4 Å². The zero-order chi connectivity index (χ0) is 28.3. The molecule has 3 saturated carbocycles. The van der Waals surface area contributed by atoms with Crippen molar-refractivity contribution in [2.75, 3.05) is 25.7 Å². The molecule has 3 amide bonds. The molecule has 0 unspecified atom stereocenters. The third-order valence-electron chi connectivity index (χ3n) is 8.36. The Balaban J connectivity index is 1.22. The number of pyridine rings is 1. The molecule has 0 radical (unpaired) electrons. The van der Waals surface area contributed by atoms with Gasteiger partial charge in [0.15, 0.2) is 11.5 Å². The lowest BCUT2D eigenvalue weighted by molar-refractivity contribution is -0.139. The van der Waals surface area contributed by atoms with Gasteiger partial charge in [0.1, 0.15) is 18.5 Å². The second-order valence-electron chi connectivity index (χ2n) is 10.4. The number of amides is 3. The van der Waals surface area contributed by atoms with Crippen LogP contribution in [0.5, 0.6) is 17.4 Å². The number of carbonyl (C=O) groups is 2. The Morgan fingerprint density at radius 1 is 0.900 bits per heavy atom. The average Bonchev–Trinajstić information content (AvgIpc) is 3.27. The zero-order valence-electron chi connectivity index (χ0n) is 21.8. The highest BCUT2D eigenvalue weighted by molar-refractivity contribution is 6.12. The van der Waals surface area contributed by atoms with Crippen LogP contribution in [0.3, 0.4) is 0 Å². The number of benzene rings is 1. The predicted octanol–water partition coefficient (Wildman–Crippen LogP) is 4.75. The minimum atomic E-state index is -4.61. The summed E-state index contributed by atoms with van der Waals surface area (Å²) in [6, 6.07) is 3.75. The van der Waals surface area contributed by atoms with Crippen molar-refractivity contribution in [1.29, 1.82) is 0 Å². The molecule has 0 N–H and O–H groups in total. The van der Waals surface area contributed by atoms with Gasteiger partial charge in [0.2, 0.25) is 5.88 Å². The van der Waals surface area contributed by atoms with E-state index in [2.05, 4.69) is 15.0 Å². The number of imide groups is 1. The molecule has 1 saturated heterocycles. The summed E-state index contributed by atoms with van der Waals surface area (Å²) in [7, 11) is 3.09. The Bertz CT molecular complexity index is 1490. The molecule has 3 heterocycles. The van der Waals surface area contributed by atoms with E-state index in [1.54, 1.807) is 26.4 Å². The number of halogens is 3. The first-order valence-corrected chi connectivity index (χ1v) is 12.8. The fraction of sp³-hybridized carbons (Fsp3) is 0.444. The van der Waals surface area contributed by atoms with Crippen molar-refractivity contribution in [1.82, 2.24) is 19.9 Å². The van der Waals surface area contributed by atoms with Crippen molar-refractivity contribution in [3.8, 4) is 17.4 Å². The number of aromatic nitrogens is 3. The summed E-state index contributed by atoms with van der Waals surface area (Å²) >= 11 is 0. The number of alkyl halides is 3. The number of ether oxygens (including phenoxy) is 3. The van der Waals surface area contributed by atoms with E-state index in [0.717, 1.165) is 11.0 Å². The third-order valence-corrected chi connectivity index (χ3v) is 8.36. The van der Waals surface area contributed by atoms with Crippen LogP contribution in [0.2, 0.25) is 0 Å². The van der Waals surface area contributed by atoms with Gasteiger partial charge in [-0.15, -0.1) is 0 Å². The summed E-state index contributed by atoms with van der Waals surface area (Å²) in [4.78, 5) is 41.2. The molecule has 0 spiro atoms. The molecule has 40 heavy (non-hydrogen) atoms. The number of methoxy groups -OCH3 is 2. The Labute approximate surface area is 227 Å². The Kier molecular flexibility index (Phi) is 6.00. The smallest absolute Gasteiger partial charge is 0.417 e. The van der Waals surface area contributed by atoms with Gasteiger partial charge in [-0.05, 0) is 50.7 Å². The fourth-order valence-corrected chi connectivity index (χ4v) is 6.17. The monoisotopic (exact) mass is 557 g/mol. The molecule has 210 valence electrons. The maximum absolute atomic E-state index is 13.4. The number of hydrogen-bond acceptors (Lipinski definition) is 8. The van der Waals surface area contributed by atoms with Gasteiger partial charge in [-0.25, -0.2) is 14.8 Å². The average molecular weight is 558 g/mol. The van der Waals surface area contributed by atoms with Gasteiger partial charge < -0.3 is 14.2 Å². The molecule has 10 nitrogen and oxygen atoms in total. The Morgan fingerprint density at radius 3 is 2.23 bits per heavy atom. The summed E-state index contributed by atoms with van der Waals surface area (Å²) in [6.07, 6.45) is 1.94. The maximum atomic E-state index is 13.4. The SMILES string of the molecule is COc1cc2ncnc(OC34CCC(N5C(=O)CN(c6cncc(C(F)(F)F)c6)C5=O)(CC3)CC4)c2cc1OC. The minimum Gasteiger partial charge on any atom is -0.493 e. The van der Waals surface area contributed by atoms with E-state index in [-0.39, 0.29) is 12.2 Å². The molecule has 2 bridgehead atoms. The van der Waals surface area contributed by atoms with Crippen LogP contribution in [-0.4, -0.2) is 63.7 Å². The molecule has 3 aromatic rings. The number of hydrogen-bond donors (Lipinski definition) is 0. The third kappa shape index (κ3) is 4.14. The van der Waals surface area contributed by atoms with Crippen molar-refractivity contribution < 1.29 is 37.0 Å². The molecule has 4 fully saturated rings. The highest BCUT2D eigenvalue weighted by Crippen LogP contribution is 2.53. The molecular weight excluding hydrogens is 531 g/mol. The minimum absolute atomic E-state index is 0.0564. The molecule has 1 aliphatic heterocycles. The maximum Gasteiger partial charge on any atom is 0.417 e. The number of fused-ring (bicyclic) bond motifs is 4. The molecule has 1 aromatic carbocycles. The first kappa shape index (κ1) is 26.1. The van der Waals surface area contributed by atoms with Gasteiger partial charge in [0, 0.05) is 12.3 Å². The number of carbonyl (C=O) groups excluding carboxylic acids is 2. The lowest BCUT2D eigenvalue weighted by atomic mass is 9.62. The summed E-state index contributed by atoms with van der Waals surface area (Å²) in [5.41, 5.74) is -1.65. The Morgan fingerprint density at radius 2 is 1.57 bits per heavy atom. The molecular formula is C27H26F3N5O5. The van der Waals surface area contributed by atoms with Crippen molar-refractivity contribution in [2.24, 2.45) is 0 Å². The van der Waals surface area contributed by atoms with Crippen LogP contribution in [-0.2, 0) is 11.0 Å². The molecule has 7 rings (SSSR count).